The molecule has 0 unspecified atom stereocenters. The number of carbonyl (C=O) groups excluding carboxylic acids is 1. The summed E-state index contributed by atoms with van der Waals surface area (Å²) in [5.74, 6) is 0.0434. The predicted molar refractivity (Wildman–Crippen MR) is 77.0 cm³/mol. The number of aromatic nitrogens is 1. The number of nitrogens with zero attached hydrogens (tertiary/aromatic N) is 1. The van der Waals surface area contributed by atoms with Crippen molar-refractivity contribution in [3.63, 3.8) is 0 Å². The van der Waals surface area contributed by atoms with E-state index in [1.54, 1.807) is 19.1 Å². The maximum atomic E-state index is 14.0. The topological polar surface area (TPSA) is 64.4 Å². The summed E-state index contributed by atoms with van der Waals surface area (Å²) >= 11 is 0. The Kier molecular flexibility index (Phi) is 4.09. The monoisotopic (exact) mass is 304 g/mol. The molecule has 1 amide bonds. The summed E-state index contributed by atoms with van der Waals surface area (Å²) in [4.78, 5) is 11.9. The van der Waals surface area contributed by atoms with Gasteiger partial charge in [0.05, 0.1) is 12.6 Å². The van der Waals surface area contributed by atoms with Crippen LogP contribution in [0, 0.1) is 11.7 Å². The molecule has 22 heavy (non-hydrogen) atoms. The second kappa shape index (κ2) is 6.17. The molecule has 1 N–H and O–H groups in total. The first-order valence-electron chi connectivity index (χ1n) is 7.27. The lowest BCUT2D eigenvalue weighted by molar-refractivity contribution is 0.0930. The summed E-state index contributed by atoms with van der Waals surface area (Å²) < 4.78 is 24.1. The van der Waals surface area contributed by atoms with Crippen molar-refractivity contribution in [2.45, 2.75) is 25.8 Å². The first kappa shape index (κ1) is 14.6. The van der Waals surface area contributed by atoms with Crippen molar-refractivity contribution in [3.05, 3.63) is 47.6 Å². The molecule has 0 radical (unpaired) electrons. The van der Waals surface area contributed by atoms with E-state index in [4.69, 9.17) is 4.74 Å². The molecule has 0 saturated heterocycles. The highest BCUT2D eigenvalue weighted by molar-refractivity contribution is 5.92. The van der Waals surface area contributed by atoms with Crippen LogP contribution in [-0.2, 0) is 0 Å². The van der Waals surface area contributed by atoms with Crippen molar-refractivity contribution in [3.8, 4) is 5.75 Å². The maximum Gasteiger partial charge on any atom is 0.273 e. The molecular formula is C16H17FN2O3. The third-order valence-corrected chi connectivity index (χ3v) is 3.65. The highest BCUT2D eigenvalue weighted by atomic mass is 19.1. The van der Waals surface area contributed by atoms with E-state index in [1.807, 2.05) is 0 Å². The van der Waals surface area contributed by atoms with Gasteiger partial charge in [-0.15, -0.1) is 0 Å². The Morgan fingerprint density at radius 2 is 2.32 bits per heavy atom. The second-order valence-electron chi connectivity index (χ2n) is 5.52. The van der Waals surface area contributed by atoms with Crippen LogP contribution in [-0.4, -0.2) is 17.7 Å². The van der Waals surface area contributed by atoms with Crippen molar-refractivity contribution in [1.82, 2.24) is 10.5 Å². The number of amides is 1. The first-order chi connectivity index (χ1) is 10.6. The van der Waals surface area contributed by atoms with Crippen molar-refractivity contribution in [1.29, 1.82) is 0 Å². The largest absolute Gasteiger partial charge is 0.490 e. The molecule has 5 nitrogen and oxygen atoms in total. The number of hydrogen-bond acceptors (Lipinski definition) is 4. The van der Waals surface area contributed by atoms with E-state index in [2.05, 4.69) is 15.0 Å². The number of hydrogen-bond donors (Lipinski definition) is 1. The number of rotatable bonds is 6. The van der Waals surface area contributed by atoms with E-state index in [9.17, 15) is 9.18 Å². The minimum atomic E-state index is -0.416. The van der Waals surface area contributed by atoms with Gasteiger partial charge >= 0.3 is 0 Å². The predicted octanol–water partition coefficient (Wildman–Crippen LogP) is 3.09. The molecule has 1 heterocycles. The zero-order chi connectivity index (χ0) is 15.5. The molecular weight excluding hydrogens is 287 g/mol. The van der Waals surface area contributed by atoms with E-state index in [-0.39, 0.29) is 23.4 Å². The Balaban J connectivity index is 1.63. The van der Waals surface area contributed by atoms with Gasteiger partial charge in [0.2, 0.25) is 0 Å². The summed E-state index contributed by atoms with van der Waals surface area (Å²) in [7, 11) is 0. The summed E-state index contributed by atoms with van der Waals surface area (Å²) in [5, 5.41) is 6.30. The van der Waals surface area contributed by atoms with Gasteiger partial charge in [0.15, 0.2) is 17.3 Å². The van der Waals surface area contributed by atoms with Gasteiger partial charge in [0.1, 0.15) is 6.26 Å². The normalized spacial score (nSPS) is 15.4. The zero-order valence-electron chi connectivity index (χ0n) is 12.2. The molecule has 116 valence electrons. The Morgan fingerprint density at radius 1 is 1.50 bits per heavy atom. The number of benzene rings is 1. The van der Waals surface area contributed by atoms with E-state index in [1.165, 1.54) is 18.4 Å². The fourth-order valence-corrected chi connectivity index (χ4v) is 2.08. The van der Waals surface area contributed by atoms with E-state index in [0.29, 0.717) is 18.1 Å². The van der Waals surface area contributed by atoms with E-state index < -0.39 is 5.82 Å². The third-order valence-electron chi connectivity index (χ3n) is 3.65. The lowest BCUT2D eigenvalue weighted by Gasteiger charge is -2.15. The van der Waals surface area contributed by atoms with Crippen LogP contribution in [0.1, 0.15) is 41.9 Å². The molecule has 1 aromatic carbocycles. The lowest BCUT2D eigenvalue weighted by atomic mass is 10.1. The van der Waals surface area contributed by atoms with Crippen LogP contribution in [0.4, 0.5) is 4.39 Å². The van der Waals surface area contributed by atoms with Crippen LogP contribution in [0.25, 0.3) is 0 Å². The molecule has 1 fully saturated rings. The maximum absolute atomic E-state index is 14.0. The molecule has 6 heteroatoms. The number of carbonyl (C=O) groups is 1. The summed E-state index contributed by atoms with van der Waals surface area (Å²) in [6.45, 7) is 2.34. The quantitative estimate of drug-likeness (QED) is 0.890. The zero-order valence-corrected chi connectivity index (χ0v) is 12.2. The molecule has 1 aliphatic carbocycles. The van der Waals surface area contributed by atoms with Crippen LogP contribution < -0.4 is 10.1 Å². The first-order valence-corrected chi connectivity index (χ1v) is 7.27. The van der Waals surface area contributed by atoms with Gasteiger partial charge in [0, 0.05) is 6.07 Å². The average Bonchev–Trinajstić information content (AvgIpc) is 3.16. The van der Waals surface area contributed by atoms with Crippen molar-refractivity contribution >= 4 is 5.91 Å². The SMILES string of the molecule is C[C@H](NC(=O)c1ccon1)c1ccc(OCC2CC2)c(F)c1. The Labute approximate surface area is 127 Å². The van der Waals surface area contributed by atoms with Gasteiger partial charge in [-0.25, -0.2) is 4.39 Å². The van der Waals surface area contributed by atoms with Gasteiger partial charge in [-0.05, 0) is 43.4 Å². The Bertz CT molecular complexity index is 653. The number of ether oxygens (including phenoxy) is 1. The highest BCUT2D eigenvalue weighted by Crippen LogP contribution is 2.30. The fraction of sp³-hybridized carbons (Fsp3) is 0.375. The van der Waals surface area contributed by atoms with E-state index >= 15 is 0 Å². The Morgan fingerprint density at radius 3 is 2.95 bits per heavy atom. The van der Waals surface area contributed by atoms with Crippen molar-refractivity contribution in [2.24, 2.45) is 5.92 Å². The van der Waals surface area contributed by atoms with E-state index in [0.717, 1.165) is 12.8 Å². The molecule has 0 bridgehead atoms. The number of nitrogens with one attached hydrogen (secondary N) is 1. The third kappa shape index (κ3) is 3.44. The highest BCUT2D eigenvalue weighted by Gasteiger charge is 2.22. The molecule has 1 aromatic heterocycles. The Hall–Kier alpha value is -2.37. The molecule has 1 aliphatic rings. The van der Waals surface area contributed by atoms with Crippen molar-refractivity contribution < 1.29 is 18.4 Å². The summed E-state index contributed by atoms with van der Waals surface area (Å²) in [6.07, 6.45) is 3.64. The van der Waals surface area contributed by atoms with Crippen molar-refractivity contribution in [2.75, 3.05) is 6.61 Å². The minimum absolute atomic E-state index is 0.191. The molecule has 0 aliphatic heterocycles. The molecule has 0 spiro atoms. The van der Waals surface area contributed by atoms with Crippen LogP contribution >= 0.6 is 0 Å². The average molecular weight is 304 g/mol. The van der Waals surface area contributed by atoms with Crippen LogP contribution in [0.2, 0.25) is 0 Å². The minimum Gasteiger partial charge on any atom is -0.490 e. The smallest absolute Gasteiger partial charge is 0.273 e. The van der Waals surface area contributed by atoms with Gasteiger partial charge in [-0.3, -0.25) is 4.79 Å². The number of halogens is 1. The molecule has 1 saturated carbocycles. The second-order valence-corrected chi connectivity index (χ2v) is 5.52. The van der Waals surface area contributed by atoms with Crippen LogP contribution in [0.15, 0.2) is 35.1 Å². The lowest BCUT2D eigenvalue weighted by Crippen LogP contribution is -2.26. The summed E-state index contributed by atoms with van der Waals surface area (Å²) in [6, 6.07) is 5.86. The van der Waals surface area contributed by atoms with Crippen LogP contribution in [0.3, 0.4) is 0 Å². The van der Waals surface area contributed by atoms with Gasteiger partial charge in [0.25, 0.3) is 5.91 Å². The molecule has 3 rings (SSSR count). The van der Waals surface area contributed by atoms with Gasteiger partial charge < -0.3 is 14.6 Å². The molecule has 2 aromatic rings. The standard InChI is InChI=1S/C16H17FN2O3/c1-10(18-16(20)14-6-7-22-19-14)12-4-5-15(13(17)8-12)21-9-11-2-3-11/h4-8,10-11H,2-3,9H2,1H3,(H,18,20)/t10-/m0/s1. The fourth-order valence-electron chi connectivity index (χ4n) is 2.08. The molecule has 1 atom stereocenters. The summed E-state index contributed by atoms with van der Waals surface area (Å²) in [5.41, 5.74) is 0.852. The van der Waals surface area contributed by atoms with Crippen LogP contribution in [0.5, 0.6) is 5.75 Å². The van der Waals surface area contributed by atoms with Gasteiger partial charge in [-0.2, -0.15) is 0 Å². The van der Waals surface area contributed by atoms with Gasteiger partial charge in [-0.1, -0.05) is 11.2 Å².